The molecular weight excluding hydrogens is 378 g/mol. The van der Waals surface area contributed by atoms with Gasteiger partial charge in [-0.25, -0.2) is 4.98 Å². The summed E-state index contributed by atoms with van der Waals surface area (Å²) in [6.45, 7) is 4.41. The molecule has 8 heteroatoms. The van der Waals surface area contributed by atoms with Gasteiger partial charge in [-0.1, -0.05) is 19.8 Å². The van der Waals surface area contributed by atoms with E-state index in [0.717, 1.165) is 25.0 Å². The number of hydrogen-bond donors (Lipinski definition) is 1. The fourth-order valence-corrected chi connectivity index (χ4v) is 3.37. The maximum absolute atomic E-state index is 13.1. The number of nitrogens with one attached hydrogen (secondary N) is 1. The fraction of sp³-hybridized carbons (Fsp3) is 0.450. The predicted octanol–water partition coefficient (Wildman–Crippen LogP) is 3.74. The third kappa shape index (κ3) is 6.23. The van der Waals surface area contributed by atoms with Gasteiger partial charge < -0.3 is 19.7 Å². The van der Waals surface area contributed by atoms with Crippen LogP contribution in [0.3, 0.4) is 0 Å². The number of aromatic nitrogens is 1. The van der Waals surface area contributed by atoms with Gasteiger partial charge in [0.05, 0.1) is 19.9 Å². The van der Waals surface area contributed by atoms with Gasteiger partial charge in [-0.2, -0.15) is 0 Å². The van der Waals surface area contributed by atoms with E-state index in [1.165, 1.54) is 25.6 Å². The van der Waals surface area contributed by atoms with Crippen LogP contribution in [0.4, 0.5) is 5.13 Å². The molecule has 2 aromatic rings. The quantitative estimate of drug-likeness (QED) is 0.609. The number of benzene rings is 1. The second-order valence-electron chi connectivity index (χ2n) is 6.38. The van der Waals surface area contributed by atoms with E-state index in [1.54, 1.807) is 23.1 Å². The average Bonchev–Trinajstić information content (AvgIpc) is 3.10. The summed E-state index contributed by atoms with van der Waals surface area (Å²) in [6, 6.07) is 5.01. The van der Waals surface area contributed by atoms with Crippen molar-refractivity contribution in [2.45, 2.75) is 33.1 Å². The number of thiazole rings is 1. The average molecular weight is 406 g/mol. The summed E-state index contributed by atoms with van der Waals surface area (Å²) in [5.41, 5.74) is 1.27. The Morgan fingerprint density at radius 2 is 1.82 bits per heavy atom. The van der Waals surface area contributed by atoms with Crippen molar-refractivity contribution in [3.63, 3.8) is 0 Å². The molecule has 0 fully saturated rings. The normalized spacial score (nSPS) is 10.4. The lowest BCUT2D eigenvalue weighted by Gasteiger charge is -2.22. The number of nitrogens with zero attached hydrogens (tertiary/aromatic N) is 2. The number of unbranched alkanes of at least 4 members (excludes halogenated alkanes) is 2. The Kier molecular flexibility index (Phi) is 8.25. The zero-order valence-electron chi connectivity index (χ0n) is 16.8. The van der Waals surface area contributed by atoms with Crippen LogP contribution in [0.1, 0.15) is 42.2 Å². The van der Waals surface area contributed by atoms with Crippen molar-refractivity contribution in [3.05, 3.63) is 34.8 Å². The molecule has 0 aliphatic heterocycles. The topological polar surface area (TPSA) is 80.8 Å². The number of amides is 2. The molecule has 152 valence electrons. The summed E-state index contributed by atoms with van der Waals surface area (Å²) in [5.74, 6) is 0.547. The smallest absolute Gasteiger partial charge is 0.254 e. The van der Waals surface area contributed by atoms with E-state index in [2.05, 4.69) is 17.2 Å². The SMILES string of the molecule is CCCCCN(CC(=O)Nc1nc(C)cs1)C(=O)c1cc(OC)cc(OC)c1. The van der Waals surface area contributed by atoms with Crippen LogP contribution in [0.2, 0.25) is 0 Å². The van der Waals surface area contributed by atoms with Crippen molar-refractivity contribution in [2.24, 2.45) is 0 Å². The van der Waals surface area contributed by atoms with Crippen molar-refractivity contribution in [1.29, 1.82) is 0 Å². The number of anilines is 1. The maximum atomic E-state index is 13.1. The van der Waals surface area contributed by atoms with Crippen LogP contribution in [-0.2, 0) is 4.79 Å². The molecule has 0 radical (unpaired) electrons. The van der Waals surface area contributed by atoms with Crippen LogP contribution >= 0.6 is 11.3 Å². The minimum absolute atomic E-state index is 0.0410. The van der Waals surface area contributed by atoms with E-state index in [4.69, 9.17) is 9.47 Å². The molecule has 1 heterocycles. The zero-order chi connectivity index (χ0) is 20.5. The lowest BCUT2D eigenvalue weighted by atomic mass is 10.1. The van der Waals surface area contributed by atoms with Crippen LogP contribution < -0.4 is 14.8 Å². The van der Waals surface area contributed by atoms with Gasteiger partial charge in [-0.3, -0.25) is 9.59 Å². The van der Waals surface area contributed by atoms with Crippen LogP contribution in [0.5, 0.6) is 11.5 Å². The molecule has 0 atom stereocenters. The van der Waals surface area contributed by atoms with Crippen molar-refractivity contribution in [1.82, 2.24) is 9.88 Å². The second kappa shape index (κ2) is 10.7. The Hall–Kier alpha value is -2.61. The summed E-state index contributed by atoms with van der Waals surface area (Å²) in [5, 5.41) is 5.16. The van der Waals surface area contributed by atoms with Crippen molar-refractivity contribution < 1.29 is 19.1 Å². The first-order chi connectivity index (χ1) is 13.5. The van der Waals surface area contributed by atoms with Gasteiger partial charge in [0.1, 0.15) is 18.0 Å². The minimum atomic E-state index is -0.269. The molecule has 2 amide bonds. The van der Waals surface area contributed by atoms with Crippen molar-refractivity contribution in [3.8, 4) is 11.5 Å². The highest BCUT2D eigenvalue weighted by Crippen LogP contribution is 2.24. The Morgan fingerprint density at radius 3 is 2.36 bits per heavy atom. The van der Waals surface area contributed by atoms with Gasteiger partial charge in [0, 0.05) is 23.6 Å². The van der Waals surface area contributed by atoms with Crippen LogP contribution in [0, 0.1) is 6.92 Å². The fourth-order valence-electron chi connectivity index (χ4n) is 2.66. The number of hydrogen-bond acceptors (Lipinski definition) is 6. The molecule has 0 saturated heterocycles. The van der Waals surface area contributed by atoms with E-state index in [1.807, 2.05) is 12.3 Å². The third-order valence-corrected chi connectivity index (χ3v) is 4.99. The first kappa shape index (κ1) is 21.7. The van der Waals surface area contributed by atoms with Crippen molar-refractivity contribution in [2.75, 3.05) is 32.6 Å². The third-order valence-electron chi connectivity index (χ3n) is 4.12. The summed E-state index contributed by atoms with van der Waals surface area (Å²) in [4.78, 5) is 31.3. The molecular formula is C20H27N3O4S. The van der Waals surface area contributed by atoms with Gasteiger partial charge in [0.2, 0.25) is 5.91 Å². The molecule has 0 bridgehead atoms. The Bertz CT molecular complexity index is 784. The number of aryl methyl sites for hydroxylation is 1. The molecule has 1 N–H and O–H groups in total. The van der Waals surface area contributed by atoms with Crippen LogP contribution in [0.15, 0.2) is 23.6 Å². The number of carbonyl (C=O) groups is 2. The number of ether oxygens (including phenoxy) is 2. The van der Waals surface area contributed by atoms with E-state index in [-0.39, 0.29) is 18.4 Å². The van der Waals surface area contributed by atoms with E-state index < -0.39 is 0 Å². The molecule has 0 saturated carbocycles. The summed E-state index contributed by atoms with van der Waals surface area (Å²) in [6.07, 6.45) is 2.84. The van der Waals surface area contributed by atoms with E-state index in [0.29, 0.717) is 28.7 Å². The van der Waals surface area contributed by atoms with Gasteiger partial charge in [-0.15, -0.1) is 11.3 Å². The highest BCUT2D eigenvalue weighted by molar-refractivity contribution is 7.13. The first-order valence-corrected chi connectivity index (χ1v) is 10.1. The Labute approximate surface area is 169 Å². The van der Waals surface area contributed by atoms with Crippen LogP contribution in [-0.4, -0.2) is 49.0 Å². The van der Waals surface area contributed by atoms with E-state index in [9.17, 15) is 9.59 Å². The Balaban J connectivity index is 2.16. The molecule has 7 nitrogen and oxygen atoms in total. The summed E-state index contributed by atoms with van der Waals surface area (Å²) in [7, 11) is 3.07. The second-order valence-corrected chi connectivity index (χ2v) is 7.24. The molecule has 28 heavy (non-hydrogen) atoms. The highest BCUT2D eigenvalue weighted by Gasteiger charge is 2.20. The molecule has 0 unspecified atom stereocenters. The van der Waals surface area contributed by atoms with Crippen molar-refractivity contribution >= 4 is 28.3 Å². The lowest BCUT2D eigenvalue weighted by molar-refractivity contribution is -0.116. The lowest BCUT2D eigenvalue weighted by Crippen LogP contribution is -2.38. The van der Waals surface area contributed by atoms with Crippen LogP contribution in [0.25, 0.3) is 0 Å². The molecule has 2 rings (SSSR count). The predicted molar refractivity (Wildman–Crippen MR) is 110 cm³/mol. The molecule has 0 aliphatic carbocycles. The van der Waals surface area contributed by atoms with Gasteiger partial charge in [0.15, 0.2) is 5.13 Å². The largest absolute Gasteiger partial charge is 0.497 e. The summed E-state index contributed by atoms with van der Waals surface area (Å²) < 4.78 is 10.5. The molecule has 1 aromatic carbocycles. The zero-order valence-corrected chi connectivity index (χ0v) is 17.6. The monoisotopic (exact) mass is 405 g/mol. The molecule has 1 aromatic heterocycles. The van der Waals surface area contributed by atoms with Gasteiger partial charge in [-0.05, 0) is 25.5 Å². The number of methoxy groups -OCH3 is 2. The highest BCUT2D eigenvalue weighted by atomic mass is 32.1. The van der Waals surface area contributed by atoms with E-state index >= 15 is 0 Å². The first-order valence-electron chi connectivity index (χ1n) is 9.21. The molecule has 0 aliphatic rings. The summed E-state index contributed by atoms with van der Waals surface area (Å²) >= 11 is 1.36. The number of rotatable bonds is 10. The number of carbonyl (C=O) groups excluding carboxylic acids is 2. The maximum Gasteiger partial charge on any atom is 0.254 e. The molecule has 0 spiro atoms. The van der Waals surface area contributed by atoms with Gasteiger partial charge in [0.25, 0.3) is 5.91 Å². The Morgan fingerprint density at radius 1 is 1.14 bits per heavy atom. The minimum Gasteiger partial charge on any atom is -0.497 e. The van der Waals surface area contributed by atoms with Gasteiger partial charge >= 0.3 is 0 Å². The standard InChI is InChI=1S/C20H27N3O4S/c1-5-6-7-8-23(12-18(24)22-20-21-14(2)13-28-20)19(25)15-9-16(26-3)11-17(10-15)27-4/h9-11,13H,5-8,12H2,1-4H3,(H,21,22,24).